The van der Waals surface area contributed by atoms with Gasteiger partial charge >= 0.3 is 11.8 Å². The maximum Gasteiger partial charge on any atom is 0.409 e. The third kappa shape index (κ3) is 3.77. The second kappa shape index (κ2) is 6.82. The predicted molar refractivity (Wildman–Crippen MR) is 71.7 cm³/mol. The Morgan fingerprint density at radius 3 is 3.19 bits per heavy atom. The van der Waals surface area contributed by atoms with E-state index in [2.05, 4.69) is 15.0 Å². The molecule has 0 spiro atoms. The minimum Gasteiger partial charge on any atom is -0.418 e. The highest BCUT2D eigenvalue weighted by Crippen LogP contribution is 2.28. The van der Waals surface area contributed by atoms with Crippen LogP contribution in [0.1, 0.15) is 12.8 Å². The van der Waals surface area contributed by atoms with Gasteiger partial charge in [-0.05, 0) is 18.9 Å². The van der Waals surface area contributed by atoms with E-state index in [0.29, 0.717) is 25.2 Å². The number of carbonyl (C=O) groups excluding carboxylic acids is 1. The number of alkyl halides is 1. The van der Waals surface area contributed by atoms with E-state index < -0.39 is 17.9 Å². The number of hydrogen-bond acceptors (Lipinski definition) is 6. The van der Waals surface area contributed by atoms with Gasteiger partial charge in [0.05, 0.1) is 4.92 Å². The third-order valence-corrected chi connectivity index (χ3v) is 3.24. The third-order valence-electron chi connectivity index (χ3n) is 3.24. The monoisotopic (exact) mass is 298 g/mol. The Bertz CT molecular complexity index is 528. The summed E-state index contributed by atoms with van der Waals surface area (Å²) in [6, 6.07) is 1.32. The van der Waals surface area contributed by atoms with E-state index in [9.17, 15) is 19.3 Å². The van der Waals surface area contributed by atoms with Crippen molar-refractivity contribution >= 4 is 17.5 Å². The molecule has 1 unspecified atom stereocenters. The van der Waals surface area contributed by atoms with E-state index in [4.69, 9.17) is 0 Å². The lowest BCUT2D eigenvalue weighted by molar-refractivity contribution is -0.384. The number of anilines is 1. The lowest BCUT2D eigenvalue weighted by atomic mass is 10.1. The first-order valence-electron chi connectivity index (χ1n) is 6.44. The number of carbonyl (C=O) groups is 1. The number of hydrogen-bond donors (Lipinski definition) is 1. The molecule has 0 radical (unpaired) electrons. The number of nitrogens with one attached hydrogen (secondary N) is 1. The Kier molecular flexibility index (Phi) is 4.85. The van der Waals surface area contributed by atoms with E-state index in [-0.39, 0.29) is 11.7 Å². The molecule has 1 aromatic rings. The van der Waals surface area contributed by atoms with Crippen LogP contribution in [0.15, 0.2) is 18.5 Å². The summed E-state index contributed by atoms with van der Waals surface area (Å²) in [4.78, 5) is 27.3. The molecule has 0 aliphatic carbocycles. The number of aromatic nitrogens is 1. The number of pyridine rings is 1. The molecule has 8 nitrogen and oxygen atoms in total. The van der Waals surface area contributed by atoms with Gasteiger partial charge in [-0.3, -0.25) is 15.1 Å². The second-order valence-corrected chi connectivity index (χ2v) is 4.59. The molecule has 9 heteroatoms. The molecule has 21 heavy (non-hydrogen) atoms. The van der Waals surface area contributed by atoms with Crippen molar-refractivity contribution in [2.24, 2.45) is 0 Å². The van der Waals surface area contributed by atoms with Crippen LogP contribution >= 0.6 is 0 Å². The van der Waals surface area contributed by atoms with Crippen LogP contribution in [0.5, 0.6) is 0 Å². The molecule has 2 heterocycles. The largest absolute Gasteiger partial charge is 0.418 e. The predicted octanol–water partition coefficient (Wildman–Crippen LogP) is 1.61. The van der Waals surface area contributed by atoms with E-state index in [0.717, 1.165) is 6.42 Å². The lowest BCUT2D eigenvalue weighted by Crippen LogP contribution is -2.48. The normalized spacial score (nSPS) is 18.1. The summed E-state index contributed by atoms with van der Waals surface area (Å²) >= 11 is 0. The van der Waals surface area contributed by atoms with Gasteiger partial charge in [-0.1, -0.05) is 0 Å². The first-order chi connectivity index (χ1) is 10.1. The molecule has 114 valence electrons. The van der Waals surface area contributed by atoms with Crippen molar-refractivity contribution in [1.29, 1.82) is 0 Å². The molecular formula is C12H15FN4O4. The van der Waals surface area contributed by atoms with Crippen LogP contribution in [0.4, 0.5) is 20.6 Å². The fraction of sp³-hybridized carbons (Fsp3) is 0.500. The fourth-order valence-electron chi connectivity index (χ4n) is 2.36. The maximum absolute atomic E-state index is 11.9. The lowest BCUT2D eigenvalue weighted by Gasteiger charge is -2.33. The smallest absolute Gasteiger partial charge is 0.409 e. The Morgan fingerprint density at radius 2 is 2.48 bits per heavy atom. The van der Waals surface area contributed by atoms with Gasteiger partial charge in [0, 0.05) is 25.3 Å². The van der Waals surface area contributed by atoms with Crippen molar-refractivity contribution in [1.82, 2.24) is 10.3 Å². The summed E-state index contributed by atoms with van der Waals surface area (Å²) in [5.41, 5.74) is 0.379. The van der Waals surface area contributed by atoms with Crippen molar-refractivity contribution in [3.05, 3.63) is 28.6 Å². The standard InChI is InChI=1S/C12H15FN4O4/c13-8-21-12(18)15-9-2-1-5-16(7-9)10-3-4-14-6-11(10)17(19)20/h3-4,6,9H,1-2,5,7-8H2,(H,15,18). The molecule has 0 saturated carbocycles. The van der Waals surface area contributed by atoms with Crippen molar-refractivity contribution < 1.29 is 18.8 Å². The van der Waals surface area contributed by atoms with Gasteiger partial charge in [0.2, 0.25) is 6.86 Å². The average Bonchev–Trinajstić information content (AvgIpc) is 2.47. The number of ether oxygens (including phenoxy) is 1. The summed E-state index contributed by atoms with van der Waals surface area (Å²) in [7, 11) is 0. The van der Waals surface area contributed by atoms with Gasteiger partial charge in [-0.25, -0.2) is 9.18 Å². The maximum atomic E-state index is 11.9. The summed E-state index contributed by atoms with van der Waals surface area (Å²) in [6.07, 6.45) is 3.31. The van der Waals surface area contributed by atoms with Gasteiger partial charge < -0.3 is 15.0 Å². The molecule has 0 bridgehead atoms. The summed E-state index contributed by atoms with van der Waals surface area (Å²) in [5, 5.41) is 13.6. The molecule has 1 atom stereocenters. The van der Waals surface area contributed by atoms with Crippen LogP contribution in [0, 0.1) is 10.1 Å². The number of piperidine rings is 1. The van der Waals surface area contributed by atoms with Gasteiger partial charge in [-0.2, -0.15) is 0 Å². The minimum absolute atomic E-state index is 0.0792. The van der Waals surface area contributed by atoms with E-state index >= 15 is 0 Å². The molecule has 1 aromatic heterocycles. The van der Waals surface area contributed by atoms with Crippen molar-refractivity contribution in [3.8, 4) is 0 Å². The highest BCUT2D eigenvalue weighted by Gasteiger charge is 2.26. The zero-order valence-electron chi connectivity index (χ0n) is 11.2. The fourth-order valence-corrected chi connectivity index (χ4v) is 2.36. The number of rotatable bonds is 4. The van der Waals surface area contributed by atoms with E-state index in [1.165, 1.54) is 12.4 Å². The van der Waals surface area contributed by atoms with Crippen LogP contribution < -0.4 is 10.2 Å². The van der Waals surface area contributed by atoms with Crippen molar-refractivity contribution in [2.45, 2.75) is 18.9 Å². The second-order valence-electron chi connectivity index (χ2n) is 4.59. The molecule has 1 amide bonds. The van der Waals surface area contributed by atoms with Crippen LogP contribution in [0.25, 0.3) is 0 Å². The Labute approximate surface area is 120 Å². The molecular weight excluding hydrogens is 283 g/mol. The highest BCUT2D eigenvalue weighted by molar-refractivity contribution is 5.68. The van der Waals surface area contributed by atoms with Crippen LogP contribution in [-0.2, 0) is 4.74 Å². The Hall–Kier alpha value is -2.45. The molecule has 1 aliphatic rings. The van der Waals surface area contributed by atoms with E-state index in [1.807, 2.05) is 4.90 Å². The number of nitrogens with zero attached hydrogens (tertiary/aromatic N) is 3. The van der Waals surface area contributed by atoms with Gasteiger partial charge in [-0.15, -0.1) is 0 Å². The first-order valence-corrected chi connectivity index (χ1v) is 6.44. The van der Waals surface area contributed by atoms with E-state index in [1.54, 1.807) is 6.07 Å². The summed E-state index contributed by atoms with van der Waals surface area (Å²) < 4.78 is 16.1. The molecule has 0 aromatic carbocycles. The Morgan fingerprint density at radius 1 is 1.67 bits per heavy atom. The molecule has 1 saturated heterocycles. The van der Waals surface area contributed by atoms with Crippen LogP contribution in [-0.4, -0.2) is 42.0 Å². The van der Waals surface area contributed by atoms with Crippen molar-refractivity contribution in [3.63, 3.8) is 0 Å². The number of amides is 1. The zero-order valence-corrected chi connectivity index (χ0v) is 11.2. The molecule has 1 aliphatic heterocycles. The summed E-state index contributed by atoms with van der Waals surface area (Å²) in [6.45, 7) is -0.147. The average molecular weight is 298 g/mol. The molecule has 1 N–H and O–H groups in total. The first kappa shape index (κ1) is 14.9. The number of halogens is 1. The van der Waals surface area contributed by atoms with Gasteiger partial charge in [0.1, 0.15) is 11.9 Å². The minimum atomic E-state index is -1.18. The SMILES string of the molecule is O=C(NC1CCCN(c2ccncc2[N+](=O)[O-])C1)OCF. The van der Waals surface area contributed by atoms with Crippen LogP contribution in [0.3, 0.4) is 0 Å². The molecule has 2 rings (SSSR count). The quantitative estimate of drug-likeness (QED) is 0.670. The van der Waals surface area contributed by atoms with Crippen molar-refractivity contribution in [2.75, 3.05) is 24.9 Å². The topological polar surface area (TPSA) is 97.6 Å². The van der Waals surface area contributed by atoms with Crippen LogP contribution in [0.2, 0.25) is 0 Å². The number of alkyl carbamates (subject to hydrolysis) is 1. The summed E-state index contributed by atoms with van der Waals surface area (Å²) in [5.74, 6) is 0. The number of nitro groups is 1. The van der Waals surface area contributed by atoms with Gasteiger partial charge in [0.15, 0.2) is 0 Å². The zero-order chi connectivity index (χ0) is 15.2. The Balaban J connectivity index is 2.07. The van der Waals surface area contributed by atoms with Gasteiger partial charge in [0.25, 0.3) is 0 Å². The molecule has 1 fully saturated rings. The highest BCUT2D eigenvalue weighted by atomic mass is 19.1.